The van der Waals surface area contributed by atoms with Crippen LogP contribution < -0.4 is 4.31 Å². The molecule has 2 heterocycles. The van der Waals surface area contributed by atoms with Crippen LogP contribution in [0.5, 0.6) is 0 Å². The lowest BCUT2D eigenvalue weighted by atomic mass is 9.85. The van der Waals surface area contributed by atoms with E-state index in [1.807, 2.05) is 42.1 Å². The zero-order chi connectivity index (χ0) is 17.6. The normalized spacial score (nSPS) is 15.4. The van der Waals surface area contributed by atoms with Crippen LogP contribution in [0.4, 0.5) is 5.69 Å². The lowest BCUT2D eigenvalue weighted by molar-refractivity contribution is 0.258. The largest absolute Gasteiger partial charge is 0.348 e. The first-order valence-corrected chi connectivity index (χ1v) is 9.97. The Morgan fingerprint density at radius 2 is 2.00 bits per heavy atom. The molecule has 0 bridgehead atoms. The second-order valence-corrected chi connectivity index (χ2v) is 8.68. The first-order valence-electron chi connectivity index (χ1n) is 8.53. The molecule has 4 rings (SSSR count). The van der Waals surface area contributed by atoms with Gasteiger partial charge in [-0.15, -0.1) is 0 Å². The van der Waals surface area contributed by atoms with Gasteiger partial charge in [0.15, 0.2) is 5.03 Å². The van der Waals surface area contributed by atoms with E-state index in [4.69, 9.17) is 0 Å². The predicted octanol–water partition coefficient (Wildman–Crippen LogP) is 3.00. The van der Waals surface area contributed by atoms with E-state index < -0.39 is 10.0 Å². The molecule has 0 atom stereocenters. The molecule has 25 heavy (non-hydrogen) atoms. The summed E-state index contributed by atoms with van der Waals surface area (Å²) in [6.07, 6.45) is 6.96. The Hall–Kier alpha value is -2.28. The average molecular weight is 358 g/mol. The summed E-state index contributed by atoms with van der Waals surface area (Å²) in [7, 11) is -0.134. The molecule has 3 aromatic rings. The molecule has 1 saturated carbocycles. The van der Waals surface area contributed by atoms with Crippen molar-refractivity contribution in [3.05, 3.63) is 42.7 Å². The first-order chi connectivity index (χ1) is 12.0. The Balaban J connectivity index is 1.73. The smallest absolute Gasteiger partial charge is 0.281 e. The summed E-state index contributed by atoms with van der Waals surface area (Å²) >= 11 is 0. The third kappa shape index (κ3) is 2.63. The second kappa shape index (κ2) is 5.91. The second-order valence-electron chi connectivity index (χ2n) is 6.76. The maximum Gasteiger partial charge on any atom is 0.281 e. The highest BCUT2D eigenvalue weighted by atomic mass is 32.2. The summed E-state index contributed by atoms with van der Waals surface area (Å²) in [4.78, 5) is 0. The van der Waals surface area contributed by atoms with Gasteiger partial charge < -0.3 is 4.57 Å². The van der Waals surface area contributed by atoms with Crippen molar-refractivity contribution in [3.63, 3.8) is 0 Å². The molecule has 0 amide bonds. The van der Waals surface area contributed by atoms with Crippen molar-refractivity contribution in [3.8, 4) is 0 Å². The summed E-state index contributed by atoms with van der Waals surface area (Å²) in [5.74, 6) is 0.539. The van der Waals surface area contributed by atoms with Crippen LogP contribution in [-0.4, -0.2) is 29.8 Å². The van der Waals surface area contributed by atoms with Crippen LogP contribution >= 0.6 is 0 Å². The number of nitrogens with zero attached hydrogens (tertiary/aromatic N) is 4. The van der Waals surface area contributed by atoms with E-state index in [0.29, 0.717) is 18.2 Å². The molecule has 6 nitrogen and oxygen atoms in total. The minimum atomic E-state index is -3.67. The summed E-state index contributed by atoms with van der Waals surface area (Å²) in [6.45, 7) is 0.672. The van der Waals surface area contributed by atoms with Crippen molar-refractivity contribution in [2.45, 2.75) is 30.8 Å². The van der Waals surface area contributed by atoms with Crippen LogP contribution in [0.25, 0.3) is 10.9 Å². The van der Waals surface area contributed by atoms with Gasteiger partial charge >= 0.3 is 0 Å². The highest BCUT2D eigenvalue weighted by molar-refractivity contribution is 7.92. The van der Waals surface area contributed by atoms with Gasteiger partial charge in [-0.25, -0.2) is 0 Å². The molecule has 0 unspecified atom stereocenters. The number of hydrogen-bond donors (Lipinski definition) is 0. The van der Waals surface area contributed by atoms with E-state index in [1.165, 1.54) is 10.7 Å². The number of para-hydroxylation sites is 1. The number of sulfonamides is 1. The standard InChI is InChI=1S/C18H22N4O2S/c1-20-13-17(15-8-3-4-9-16(15)20)21(2)25(23,24)18-10-11-19-22(18)12-14-6-5-7-14/h3-4,8-11,13-14H,5-7,12H2,1-2H3. The maximum atomic E-state index is 13.2. The molecule has 0 saturated heterocycles. The summed E-state index contributed by atoms with van der Waals surface area (Å²) in [5.41, 5.74) is 1.68. The Morgan fingerprint density at radius 1 is 1.24 bits per heavy atom. The van der Waals surface area contributed by atoms with Crippen LogP contribution in [0.3, 0.4) is 0 Å². The first kappa shape index (κ1) is 16.2. The lowest BCUT2D eigenvalue weighted by Gasteiger charge is -2.26. The SMILES string of the molecule is CN(c1cn(C)c2ccccc12)S(=O)(=O)c1ccnn1CC1CCC1. The van der Waals surface area contributed by atoms with Crippen molar-refractivity contribution in [2.75, 3.05) is 11.4 Å². The Kier molecular flexibility index (Phi) is 3.83. The van der Waals surface area contributed by atoms with Crippen molar-refractivity contribution in [2.24, 2.45) is 13.0 Å². The van der Waals surface area contributed by atoms with Gasteiger partial charge in [0.2, 0.25) is 0 Å². The number of aryl methyl sites for hydroxylation is 1. The maximum absolute atomic E-state index is 13.2. The number of benzene rings is 1. The predicted molar refractivity (Wildman–Crippen MR) is 98.1 cm³/mol. The summed E-state index contributed by atoms with van der Waals surface area (Å²) in [5, 5.41) is 5.43. The number of fused-ring (bicyclic) bond motifs is 1. The van der Waals surface area contributed by atoms with Crippen LogP contribution in [0.2, 0.25) is 0 Å². The fourth-order valence-electron chi connectivity index (χ4n) is 3.44. The van der Waals surface area contributed by atoms with Crippen molar-refractivity contribution >= 4 is 26.6 Å². The van der Waals surface area contributed by atoms with E-state index in [2.05, 4.69) is 5.10 Å². The molecule has 0 spiro atoms. The fourth-order valence-corrected chi connectivity index (χ4v) is 4.74. The van der Waals surface area contributed by atoms with Gasteiger partial charge in [-0.05, 0) is 30.9 Å². The topological polar surface area (TPSA) is 60.1 Å². The Morgan fingerprint density at radius 3 is 2.72 bits per heavy atom. The molecular formula is C18H22N4O2S. The zero-order valence-corrected chi connectivity index (χ0v) is 15.3. The molecule has 1 fully saturated rings. The molecule has 1 aromatic carbocycles. The average Bonchev–Trinajstić information content (AvgIpc) is 3.16. The molecule has 0 radical (unpaired) electrons. The van der Waals surface area contributed by atoms with Gasteiger partial charge in [-0.2, -0.15) is 13.5 Å². The van der Waals surface area contributed by atoms with Crippen molar-refractivity contribution in [1.82, 2.24) is 14.3 Å². The molecule has 2 aromatic heterocycles. The zero-order valence-electron chi connectivity index (χ0n) is 14.5. The van der Waals surface area contributed by atoms with Crippen LogP contribution in [0.15, 0.2) is 47.8 Å². The van der Waals surface area contributed by atoms with Gasteiger partial charge in [-0.1, -0.05) is 24.6 Å². The quantitative estimate of drug-likeness (QED) is 0.704. The molecule has 1 aliphatic carbocycles. The van der Waals surface area contributed by atoms with Crippen LogP contribution in [-0.2, 0) is 23.6 Å². The van der Waals surface area contributed by atoms with Crippen LogP contribution in [0.1, 0.15) is 19.3 Å². The van der Waals surface area contributed by atoms with E-state index in [1.54, 1.807) is 24.0 Å². The molecule has 0 N–H and O–H groups in total. The highest BCUT2D eigenvalue weighted by Gasteiger charge is 2.29. The minimum absolute atomic E-state index is 0.259. The minimum Gasteiger partial charge on any atom is -0.348 e. The number of rotatable bonds is 5. The van der Waals surface area contributed by atoms with E-state index >= 15 is 0 Å². The van der Waals surface area contributed by atoms with E-state index in [-0.39, 0.29) is 5.03 Å². The Labute approximate surface area is 147 Å². The molecule has 132 valence electrons. The van der Waals surface area contributed by atoms with Gasteiger partial charge in [-0.3, -0.25) is 8.99 Å². The third-order valence-corrected chi connectivity index (χ3v) is 6.97. The van der Waals surface area contributed by atoms with E-state index in [0.717, 1.165) is 23.7 Å². The highest BCUT2D eigenvalue weighted by Crippen LogP contribution is 2.32. The third-order valence-electron chi connectivity index (χ3n) is 5.17. The summed E-state index contributed by atoms with van der Waals surface area (Å²) < 4.78 is 31.4. The molecular weight excluding hydrogens is 336 g/mol. The van der Waals surface area contributed by atoms with E-state index in [9.17, 15) is 8.42 Å². The fraction of sp³-hybridized carbons (Fsp3) is 0.389. The van der Waals surface area contributed by atoms with Gasteiger partial charge in [0, 0.05) is 37.7 Å². The number of aromatic nitrogens is 3. The molecule has 1 aliphatic rings. The van der Waals surface area contributed by atoms with Gasteiger partial charge in [0.25, 0.3) is 10.0 Å². The van der Waals surface area contributed by atoms with Gasteiger partial charge in [0.1, 0.15) is 0 Å². The van der Waals surface area contributed by atoms with Crippen molar-refractivity contribution < 1.29 is 8.42 Å². The number of hydrogen-bond acceptors (Lipinski definition) is 3. The lowest BCUT2D eigenvalue weighted by Crippen LogP contribution is -2.30. The Bertz CT molecular complexity index is 1010. The number of anilines is 1. The molecule has 7 heteroatoms. The summed E-state index contributed by atoms with van der Waals surface area (Å²) in [6, 6.07) is 9.40. The molecule has 0 aliphatic heterocycles. The van der Waals surface area contributed by atoms with Crippen LogP contribution in [0, 0.1) is 5.92 Å². The van der Waals surface area contributed by atoms with Gasteiger partial charge in [0.05, 0.1) is 11.9 Å². The monoisotopic (exact) mass is 358 g/mol. The van der Waals surface area contributed by atoms with Crippen molar-refractivity contribution in [1.29, 1.82) is 0 Å².